The summed E-state index contributed by atoms with van der Waals surface area (Å²) in [6.07, 6.45) is -0.964. The molecule has 1 atom stereocenters. The van der Waals surface area contributed by atoms with E-state index >= 15 is 0 Å². The van der Waals surface area contributed by atoms with Gasteiger partial charge in [-0.25, -0.2) is 4.79 Å². The van der Waals surface area contributed by atoms with E-state index in [2.05, 4.69) is 10.6 Å². The summed E-state index contributed by atoms with van der Waals surface area (Å²) >= 11 is 0. The lowest BCUT2D eigenvalue weighted by molar-refractivity contribution is -0.137. The van der Waals surface area contributed by atoms with Crippen LogP contribution in [0.15, 0.2) is 30.3 Å². The van der Waals surface area contributed by atoms with Gasteiger partial charge in [0.15, 0.2) is 5.78 Å². The average molecular weight is 350 g/mol. The molecule has 1 aromatic carbocycles. The highest BCUT2D eigenvalue weighted by atomic mass is 16.5. The number of ketones is 1. The Morgan fingerprint density at radius 3 is 2.32 bits per heavy atom. The molecule has 0 aliphatic heterocycles. The maximum absolute atomic E-state index is 12.4. The largest absolute Gasteiger partial charge is 0.445 e. The van der Waals surface area contributed by atoms with Crippen LogP contribution in [0.25, 0.3) is 0 Å². The van der Waals surface area contributed by atoms with Crippen molar-refractivity contribution in [2.24, 2.45) is 0 Å². The lowest BCUT2D eigenvalue weighted by Gasteiger charge is -2.28. The number of amides is 1. The predicted octanol–water partition coefficient (Wildman–Crippen LogP) is 2.66. The van der Waals surface area contributed by atoms with E-state index in [4.69, 9.17) is 9.47 Å². The monoisotopic (exact) mass is 350 g/mol. The van der Waals surface area contributed by atoms with Gasteiger partial charge < -0.3 is 20.1 Å². The van der Waals surface area contributed by atoms with Crippen LogP contribution in [-0.2, 0) is 20.9 Å². The number of ether oxygens (including phenoxy) is 2. The fraction of sp³-hybridized carbons (Fsp3) is 0.579. The van der Waals surface area contributed by atoms with E-state index in [1.54, 1.807) is 6.92 Å². The van der Waals surface area contributed by atoms with Crippen LogP contribution in [0.4, 0.5) is 4.79 Å². The van der Waals surface area contributed by atoms with Gasteiger partial charge in [0.05, 0.1) is 11.6 Å². The molecular weight excluding hydrogens is 320 g/mol. The molecule has 0 fully saturated rings. The number of rotatable bonds is 10. The summed E-state index contributed by atoms with van der Waals surface area (Å²) in [7, 11) is 0. The molecular formula is C19H30N2O4. The van der Waals surface area contributed by atoms with Gasteiger partial charge in [-0.15, -0.1) is 0 Å². The number of alkyl carbamates (subject to hydrolysis) is 1. The molecule has 1 aromatic rings. The number of benzene rings is 1. The van der Waals surface area contributed by atoms with Crippen molar-refractivity contribution in [1.82, 2.24) is 10.6 Å². The Morgan fingerprint density at radius 1 is 1.08 bits per heavy atom. The molecule has 1 amide bonds. The highest BCUT2D eigenvalue weighted by Crippen LogP contribution is 2.10. The van der Waals surface area contributed by atoms with E-state index in [1.165, 1.54) is 0 Å². The SMILES string of the molecule is CC(C)O[C@@H](C)C(=O)C(C)(C)NCCNC(=O)OCc1ccccc1. The summed E-state index contributed by atoms with van der Waals surface area (Å²) in [5.41, 5.74) is 0.200. The molecule has 0 aromatic heterocycles. The molecule has 140 valence electrons. The highest BCUT2D eigenvalue weighted by molar-refractivity contribution is 5.91. The minimum absolute atomic E-state index is 0.00389. The number of nitrogens with one attached hydrogen (secondary N) is 2. The van der Waals surface area contributed by atoms with E-state index < -0.39 is 17.7 Å². The molecule has 1 rings (SSSR count). The van der Waals surface area contributed by atoms with Crippen LogP contribution in [0, 0.1) is 0 Å². The van der Waals surface area contributed by atoms with Crippen molar-refractivity contribution in [1.29, 1.82) is 0 Å². The highest BCUT2D eigenvalue weighted by Gasteiger charge is 2.31. The Kier molecular flexibility index (Phi) is 8.58. The first kappa shape index (κ1) is 21.1. The number of carbonyl (C=O) groups excluding carboxylic acids is 2. The second kappa shape index (κ2) is 10.2. The van der Waals surface area contributed by atoms with Crippen molar-refractivity contribution in [2.75, 3.05) is 13.1 Å². The van der Waals surface area contributed by atoms with Crippen LogP contribution in [-0.4, -0.2) is 42.7 Å². The van der Waals surface area contributed by atoms with Crippen LogP contribution in [0.1, 0.15) is 40.2 Å². The first-order valence-corrected chi connectivity index (χ1v) is 8.61. The number of carbonyl (C=O) groups is 2. The fourth-order valence-corrected chi connectivity index (χ4v) is 2.38. The van der Waals surface area contributed by atoms with Gasteiger partial charge in [-0.1, -0.05) is 30.3 Å². The summed E-state index contributed by atoms with van der Waals surface area (Å²) < 4.78 is 10.7. The van der Waals surface area contributed by atoms with Gasteiger partial charge in [0, 0.05) is 13.1 Å². The molecule has 0 aliphatic carbocycles. The van der Waals surface area contributed by atoms with Crippen molar-refractivity contribution in [3.05, 3.63) is 35.9 Å². The van der Waals surface area contributed by atoms with Crippen LogP contribution in [0.5, 0.6) is 0 Å². The van der Waals surface area contributed by atoms with Gasteiger partial charge in [-0.2, -0.15) is 0 Å². The molecule has 2 N–H and O–H groups in total. The van der Waals surface area contributed by atoms with Gasteiger partial charge in [0.1, 0.15) is 12.7 Å². The third kappa shape index (κ3) is 8.14. The second-order valence-corrected chi connectivity index (χ2v) is 6.73. The van der Waals surface area contributed by atoms with Crippen LogP contribution in [0.3, 0.4) is 0 Å². The topological polar surface area (TPSA) is 76.7 Å². The van der Waals surface area contributed by atoms with Gasteiger partial charge in [0.2, 0.25) is 0 Å². The minimum Gasteiger partial charge on any atom is -0.445 e. The van der Waals surface area contributed by atoms with Gasteiger partial charge in [-0.05, 0) is 40.2 Å². The van der Waals surface area contributed by atoms with E-state index in [0.717, 1.165) is 5.56 Å². The minimum atomic E-state index is -0.732. The Morgan fingerprint density at radius 2 is 1.72 bits per heavy atom. The van der Waals surface area contributed by atoms with Gasteiger partial charge in [-0.3, -0.25) is 4.79 Å². The summed E-state index contributed by atoms with van der Waals surface area (Å²) in [6, 6.07) is 9.48. The molecule has 0 bridgehead atoms. The Bertz CT molecular complexity index is 544. The molecule has 0 saturated heterocycles. The van der Waals surface area contributed by atoms with Crippen molar-refractivity contribution in [3.63, 3.8) is 0 Å². The van der Waals surface area contributed by atoms with Gasteiger partial charge in [0.25, 0.3) is 0 Å². The lowest BCUT2D eigenvalue weighted by atomic mass is 9.95. The van der Waals surface area contributed by atoms with E-state index in [-0.39, 0.29) is 18.5 Å². The molecule has 0 aliphatic rings. The molecule has 0 saturated carbocycles. The molecule has 0 unspecified atom stereocenters. The third-order valence-electron chi connectivity index (χ3n) is 3.64. The van der Waals surface area contributed by atoms with Crippen LogP contribution in [0.2, 0.25) is 0 Å². The maximum atomic E-state index is 12.4. The van der Waals surface area contributed by atoms with Crippen LogP contribution >= 0.6 is 0 Å². The van der Waals surface area contributed by atoms with E-state index in [1.807, 2.05) is 58.0 Å². The molecule has 0 radical (unpaired) electrons. The molecule has 6 nitrogen and oxygen atoms in total. The molecule has 25 heavy (non-hydrogen) atoms. The fourth-order valence-electron chi connectivity index (χ4n) is 2.38. The number of hydrogen-bond donors (Lipinski definition) is 2. The zero-order valence-electron chi connectivity index (χ0n) is 15.8. The van der Waals surface area contributed by atoms with Crippen molar-refractivity contribution < 1.29 is 19.1 Å². The second-order valence-electron chi connectivity index (χ2n) is 6.73. The summed E-state index contributed by atoms with van der Waals surface area (Å²) in [5, 5.41) is 5.80. The van der Waals surface area contributed by atoms with Crippen molar-refractivity contribution >= 4 is 11.9 Å². The number of hydrogen-bond acceptors (Lipinski definition) is 5. The smallest absolute Gasteiger partial charge is 0.407 e. The van der Waals surface area contributed by atoms with Crippen molar-refractivity contribution in [3.8, 4) is 0 Å². The molecule has 0 spiro atoms. The first-order valence-electron chi connectivity index (χ1n) is 8.61. The lowest BCUT2D eigenvalue weighted by Crippen LogP contribution is -2.53. The molecule has 0 heterocycles. The quantitative estimate of drug-likeness (QED) is 0.635. The van der Waals surface area contributed by atoms with Gasteiger partial charge >= 0.3 is 6.09 Å². The Hall–Kier alpha value is -1.92. The third-order valence-corrected chi connectivity index (χ3v) is 3.64. The van der Waals surface area contributed by atoms with Crippen LogP contribution < -0.4 is 10.6 Å². The summed E-state index contributed by atoms with van der Waals surface area (Å²) in [5.74, 6) is -0.0205. The zero-order chi connectivity index (χ0) is 18.9. The Labute approximate surface area is 150 Å². The first-order chi connectivity index (χ1) is 11.7. The summed E-state index contributed by atoms with van der Waals surface area (Å²) in [6.45, 7) is 10.2. The zero-order valence-corrected chi connectivity index (χ0v) is 15.8. The predicted molar refractivity (Wildman–Crippen MR) is 97.4 cm³/mol. The van der Waals surface area contributed by atoms with E-state index in [0.29, 0.717) is 13.1 Å². The average Bonchev–Trinajstić information content (AvgIpc) is 2.56. The maximum Gasteiger partial charge on any atom is 0.407 e. The number of Topliss-reactive ketones (excluding diaryl/α,β-unsaturated/α-hetero) is 1. The standard InChI is InChI=1S/C19H30N2O4/c1-14(2)25-15(3)17(22)19(4,5)21-12-11-20-18(23)24-13-16-9-7-6-8-10-16/h6-10,14-15,21H,11-13H2,1-5H3,(H,20,23)/t15-/m0/s1. The molecule has 6 heteroatoms. The normalized spacial score (nSPS) is 12.7. The Balaban J connectivity index is 2.26. The summed E-state index contributed by atoms with van der Waals surface area (Å²) in [4.78, 5) is 24.0. The van der Waals surface area contributed by atoms with Crippen molar-refractivity contribution in [2.45, 2.75) is 59.0 Å². The van der Waals surface area contributed by atoms with E-state index in [9.17, 15) is 9.59 Å².